The minimum atomic E-state index is -0.0941. The lowest BCUT2D eigenvalue weighted by Crippen LogP contribution is -2.51. The molecule has 0 atom stereocenters. The van der Waals surface area contributed by atoms with E-state index in [1.54, 1.807) is 6.92 Å². The standard InChI is InChI=1S/C11H22N2O/c1-10(14)12-11(2,3)9-13-7-5-4-6-8-13/h4-9H2,1-3H3,(H,12,14). The Morgan fingerprint density at radius 2 is 1.86 bits per heavy atom. The molecule has 0 aromatic heterocycles. The van der Waals surface area contributed by atoms with Crippen LogP contribution in [0.5, 0.6) is 0 Å². The van der Waals surface area contributed by atoms with Gasteiger partial charge in [0, 0.05) is 19.0 Å². The molecule has 0 aromatic rings. The number of amides is 1. The molecule has 0 aliphatic carbocycles. The SMILES string of the molecule is CC(=O)NC(C)(C)CN1CCCCC1. The van der Waals surface area contributed by atoms with E-state index >= 15 is 0 Å². The number of hydrogen-bond donors (Lipinski definition) is 1. The van der Waals surface area contributed by atoms with Crippen LogP contribution in [0, 0.1) is 0 Å². The van der Waals surface area contributed by atoms with Gasteiger partial charge in [-0.1, -0.05) is 6.42 Å². The molecule has 1 heterocycles. The average Bonchev–Trinajstić information content (AvgIpc) is 2.02. The van der Waals surface area contributed by atoms with Crippen molar-refractivity contribution in [2.75, 3.05) is 19.6 Å². The molecule has 3 heteroatoms. The van der Waals surface area contributed by atoms with Crippen LogP contribution in [0.2, 0.25) is 0 Å². The zero-order chi connectivity index (χ0) is 10.6. The maximum Gasteiger partial charge on any atom is 0.217 e. The maximum atomic E-state index is 11.0. The summed E-state index contributed by atoms with van der Waals surface area (Å²) in [5.41, 5.74) is -0.0941. The van der Waals surface area contributed by atoms with Gasteiger partial charge < -0.3 is 10.2 Å². The molecule has 0 aromatic carbocycles. The summed E-state index contributed by atoms with van der Waals surface area (Å²) in [5.74, 6) is 0.0620. The number of hydrogen-bond acceptors (Lipinski definition) is 2. The van der Waals surface area contributed by atoms with Gasteiger partial charge in [-0.15, -0.1) is 0 Å². The van der Waals surface area contributed by atoms with Gasteiger partial charge in [-0.3, -0.25) is 4.79 Å². The smallest absolute Gasteiger partial charge is 0.217 e. The first-order valence-electron chi connectivity index (χ1n) is 5.51. The largest absolute Gasteiger partial charge is 0.350 e. The molecule has 14 heavy (non-hydrogen) atoms. The highest BCUT2D eigenvalue weighted by Crippen LogP contribution is 2.12. The molecule has 1 N–H and O–H groups in total. The highest BCUT2D eigenvalue weighted by molar-refractivity contribution is 5.73. The van der Waals surface area contributed by atoms with E-state index in [1.165, 1.54) is 32.4 Å². The lowest BCUT2D eigenvalue weighted by atomic mass is 10.0. The van der Waals surface area contributed by atoms with E-state index < -0.39 is 0 Å². The van der Waals surface area contributed by atoms with Gasteiger partial charge in [-0.2, -0.15) is 0 Å². The number of piperidine rings is 1. The molecule has 1 fully saturated rings. The summed E-state index contributed by atoms with van der Waals surface area (Å²) in [7, 11) is 0. The van der Waals surface area contributed by atoms with Crippen molar-refractivity contribution in [1.29, 1.82) is 0 Å². The quantitative estimate of drug-likeness (QED) is 0.743. The third-order valence-electron chi connectivity index (χ3n) is 2.58. The summed E-state index contributed by atoms with van der Waals surface area (Å²) in [5, 5.41) is 2.99. The zero-order valence-corrected chi connectivity index (χ0v) is 9.60. The van der Waals surface area contributed by atoms with Crippen molar-refractivity contribution in [2.24, 2.45) is 0 Å². The monoisotopic (exact) mass is 198 g/mol. The molecular weight excluding hydrogens is 176 g/mol. The highest BCUT2D eigenvalue weighted by Gasteiger charge is 2.23. The van der Waals surface area contributed by atoms with Gasteiger partial charge in [0.05, 0.1) is 0 Å². The van der Waals surface area contributed by atoms with E-state index in [1.807, 2.05) is 0 Å². The first kappa shape index (κ1) is 11.5. The molecule has 0 saturated carbocycles. The predicted molar refractivity (Wildman–Crippen MR) is 58.2 cm³/mol. The van der Waals surface area contributed by atoms with Crippen LogP contribution in [-0.2, 0) is 4.79 Å². The zero-order valence-electron chi connectivity index (χ0n) is 9.60. The molecule has 1 aliphatic rings. The Hall–Kier alpha value is -0.570. The first-order valence-corrected chi connectivity index (χ1v) is 5.51. The second-order valence-corrected chi connectivity index (χ2v) is 4.90. The highest BCUT2D eigenvalue weighted by atomic mass is 16.1. The van der Waals surface area contributed by atoms with Gasteiger partial charge in [0.1, 0.15) is 0 Å². The Balaban J connectivity index is 2.36. The van der Waals surface area contributed by atoms with Crippen molar-refractivity contribution in [3.05, 3.63) is 0 Å². The van der Waals surface area contributed by atoms with Crippen molar-refractivity contribution < 1.29 is 4.79 Å². The molecule has 82 valence electrons. The Kier molecular flexibility index (Phi) is 3.93. The summed E-state index contributed by atoms with van der Waals surface area (Å²) in [6, 6.07) is 0. The van der Waals surface area contributed by atoms with Crippen molar-refractivity contribution >= 4 is 5.91 Å². The number of carbonyl (C=O) groups is 1. The van der Waals surface area contributed by atoms with Crippen LogP contribution in [0.25, 0.3) is 0 Å². The molecule has 3 nitrogen and oxygen atoms in total. The molecule has 0 radical (unpaired) electrons. The molecule has 1 saturated heterocycles. The van der Waals surface area contributed by atoms with Crippen LogP contribution in [-0.4, -0.2) is 36.0 Å². The molecule has 0 spiro atoms. The summed E-state index contributed by atoms with van der Waals surface area (Å²) in [6.07, 6.45) is 3.96. The van der Waals surface area contributed by atoms with E-state index in [0.29, 0.717) is 0 Å². The minimum absolute atomic E-state index is 0.0620. The fourth-order valence-electron chi connectivity index (χ4n) is 2.19. The fourth-order valence-corrected chi connectivity index (χ4v) is 2.19. The molecule has 0 bridgehead atoms. The topological polar surface area (TPSA) is 32.3 Å². The van der Waals surface area contributed by atoms with Crippen LogP contribution in [0.3, 0.4) is 0 Å². The molecule has 0 unspecified atom stereocenters. The van der Waals surface area contributed by atoms with Gasteiger partial charge in [-0.05, 0) is 39.8 Å². The van der Waals surface area contributed by atoms with Crippen molar-refractivity contribution in [3.8, 4) is 0 Å². The average molecular weight is 198 g/mol. The number of nitrogens with one attached hydrogen (secondary N) is 1. The Morgan fingerprint density at radius 1 is 1.29 bits per heavy atom. The van der Waals surface area contributed by atoms with Crippen molar-refractivity contribution in [1.82, 2.24) is 10.2 Å². The first-order chi connectivity index (χ1) is 6.49. The lowest BCUT2D eigenvalue weighted by molar-refractivity contribution is -0.120. The van der Waals surface area contributed by atoms with Crippen LogP contribution in [0.15, 0.2) is 0 Å². The Labute approximate surface area is 86.9 Å². The number of likely N-dealkylation sites (tertiary alicyclic amines) is 1. The Morgan fingerprint density at radius 3 is 2.36 bits per heavy atom. The Bertz CT molecular complexity index is 195. The third-order valence-corrected chi connectivity index (χ3v) is 2.58. The second-order valence-electron chi connectivity index (χ2n) is 4.90. The normalized spacial score (nSPS) is 19.4. The summed E-state index contributed by atoms with van der Waals surface area (Å²) >= 11 is 0. The molecular formula is C11H22N2O. The number of nitrogens with zero attached hydrogens (tertiary/aromatic N) is 1. The molecule has 1 amide bonds. The van der Waals surface area contributed by atoms with Gasteiger partial charge in [0.2, 0.25) is 5.91 Å². The fraction of sp³-hybridized carbons (Fsp3) is 0.909. The van der Waals surface area contributed by atoms with E-state index in [-0.39, 0.29) is 11.4 Å². The molecule has 1 aliphatic heterocycles. The van der Waals surface area contributed by atoms with E-state index in [0.717, 1.165) is 6.54 Å². The number of carbonyl (C=O) groups excluding carboxylic acids is 1. The van der Waals surface area contributed by atoms with Gasteiger partial charge in [0.15, 0.2) is 0 Å². The van der Waals surface area contributed by atoms with E-state index in [2.05, 4.69) is 24.1 Å². The van der Waals surface area contributed by atoms with Crippen molar-refractivity contribution in [2.45, 2.75) is 45.6 Å². The summed E-state index contributed by atoms with van der Waals surface area (Å²) < 4.78 is 0. The maximum absolute atomic E-state index is 11.0. The van der Waals surface area contributed by atoms with Gasteiger partial charge in [0.25, 0.3) is 0 Å². The van der Waals surface area contributed by atoms with Gasteiger partial charge in [-0.25, -0.2) is 0 Å². The summed E-state index contributed by atoms with van der Waals surface area (Å²) in [4.78, 5) is 13.4. The third kappa shape index (κ3) is 4.09. The van der Waals surface area contributed by atoms with Crippen LogP contribution < -0.4 is 5.32 Å². The van der Waals surface area contributed by atoms with Crippen LogP contribution >= 0.6 is 0 Å². The van der Waals surface area contributed by atoms with E-state index in [4.69, 9.17) is 0 Å². The van der Waals surface area contributed by atoms with E-state index in [9.17, 15) is 4.79 Å². The second kappa shape index (κ2) is 4.78. The lowest BCUT2D eigenvalue weighted by Gasteiger charge is -2.35. The van der Waals surface area contributed by atoms with Crippen LogP contribution in [0.1, 0.15) is 40.0 Å². The summed E-state index contributed by atoms with van der Waals surface area (Å²) in [6.45, 7) is 9.09. The number of rotatable bonds is 3. The molecule has 1 rings (SSSR count). The predicted octanol–water partition coefficient (Wildman–Crippen LogP) is 1.39. The van der Waals surface area contributed by atoms with Crippen LogP contribution in [0.4, 0.5) is 0 Å². The van der Waals surface area contributed by atoms with Crippen molar-refractivity contribution in [3.63, 3.8) is 0 Å². The minimum Gasteiger partial charge on any atom is -0.350 e. The van der Waals surface area contributed by atoms with Gasteiger partial charge >= 0.3 is 0 Å².